The van der Waals surface area contributed by atoms with Gasteiger partial charge >= 0.3 is 0 Å². The third-order valence-electron chi connectivity index (χ3n) is 1.94. The summed E-state index contributed by atoms with van der Waals surface area (Å²) >= 11 is 0. The lowest BCUT2D eigenvalue weighted by atomic mass is 10.3. The van der Waals surface area contributed by atoms with Crippen LogP contribution in [0.5, 0.6) is 0 Å². The van der Waals surface area contributed by atoms with Crippen molar-refractivity contribution in [3.8, 4) is 6.07 Å². The molecule has 0 unspecified atom stereocenters. The zero-order valence-corrected chi connectivity index (χ0v) is 8.92. The summed E-state index contributed by atoms with van der Waals surface area (Å²) in [5.41, 5.74) is 0. The fraction of sp³-hybridized carbons (Fsp3) is 0.900. The maximum absolute atomic E-state index is 8.57. The molecule has 0 rings (SSSR count). The van der Waals surface area contributed by atoms with Gasteiger partial charge in [-0.1, -0.05) is 0 Å². The van der Waals surface area contributed by atoms with Crippen LogP contribution in [-0.2, 0) is 4.74 Å². The first kappa shape index (κ1) is 12.4. The zero-order valence-electron chi connectivity index (χ0n) is 8.92. The molecule has 0 saturated heterocycles. The Bertz CT molecular complexity index is 151. The summed E-state index contributed by atoms with van der Waals surface area (Å²) in [7, 11) is 0. The molecule has 0 aromatic heterocycles. The summed E-state index contributed by atoms with van der Waals surface area (Å²) in [5.74, 6) is 0. The quantitative estimate of drug-likeness (QED) is 0.446. The number of ether oxygens (including phenoxy) is 1. The molecule has 0 aliphatic heterocycles. The molecule has 0 aliphatic rings. The molecule has 0 amide bonds. The van der Waals surface area contributed by atoms with Crippen molar-refractivity contribution in [3.63, 3.8) is 0 Å². The Morgan fingerprint density at radius 2 is 2.15 bits per heavy atom. The molecule has 76 valence electrons. The van der Waals surface area contributed by atoms with E-state index in [1.165, 1.54) is 0 Å². The molecule has 13 heavy (non-hydrogen) atoms. The average molecular weight is 184 g/mol. The normalized spacial score (nSPS) is 10.8. The van der Waals surface area contributed by atoms with Gasteiger partial charge in [-0.3, -0.25) is 4.90 Å². The van der Waals surface area contributed by atoms with Gasteiger partial charge in [0.05, 0.1) is 12.6 Å². The van der Waals surface area contributed by atoms with Crippen LogP contribution in [0.15, 0.2) is 0 Å². The van der Waals surface area contributed by atoms with Crippen LogP contribution in [0.2, 0.25) is 0 Å². The van der Waals surface area contributed by atoms with Crippen molar-refractivity contribution in [3.05, 3.63) is 0 Å². The lowest BCUT2D eigenvalue weighted by Gasteiger charge is -2.22. The number of nitrogens with zero attached hydrogens (tertiary/aromatic N) is 2. The minimum atomic E-state index is 0.446. The van der Waals surface area contributed by atoms with Gasteiger partial charge in [-0.2, -0.15) is 5.26 Å². The third kappa shape index (κ3) is 6.56. The van der Waals surface area contributed by atoms with Gasteiger partial charge in [-0.05, 0) is 27.2 Å². The molecule has 0 aromatic carbocycles. The van der Waals surface area contributed by atoms with Gasteiger partial charge in [0.15, 0.2) is 0 Å². The van der Waals surface area contributed by atoms with Crippen molar-refractivity contribution in [1.29, 1.82) is 5.26 Å². The van der Waals surface area contributed by atoms with Gasteiger partial charge in [-0.15, -0.1) is 0 Å². The first-order valence-corrected chi connectivity index (χ1v) is 4.91. The molecule has 0 N–H and O–H groups in total. The molecule has 0 aromatic rings. The second-order valence-electron chi connectivity index (χ2n) is 3.27. The lowest BCUT2D eigenvalue weighted by molar-refractivity contribution is 0.128. The second-order valence-corrected chi connectivity index (χ2v) is 3.27. The van der Waals surface area contributed by atoms with E-state index >= 15 is 0 Å². The Kier molecular flexibility index (Phi) is 7.66. The minimum Gasteiger partial charge on any atom is -0.382 e. The van der Waals surface area contributed by atoms with Gasteiger partial charge in [0.2, 0.25) is 0 Å². The molecule has 0 atom stereocenters. The second kappa shape index (κ2) is 8.03. The molecule has 0 radical (unpaired) electrons. The van der Waals surface area contributed by atoms with Crippen LogP contribution in [0.3, 0.4) is 0 Å². The fourth-order valence-corrected chi connectivity index (χ4v) is 1.12. The average Bonchev–Trinajstić information content (AvgIpc) is 2.10. The molecule has 0 saturated carbocycles. The zero-order chi connectivity index (χ0) is 10.1. The van der Waals surface area contributed by atoms with Gasteiger partial charge in [0.1, 0.15) is 0 Å². The summed E-state index contributed by atoms with van der Waals surface area (Å²) in [5, 5.41) is 8.57. The number of nitriles is 1. The van der Waals surface area contributed by atoms with Crippen molar-refractivity contribution >= 4 is 0 Å². The molecule has 0 fully saturated rings. The van der Waals surface area contributed by atoms with Crippen LogP contribution in [0.25, 0.3) is 0 Å². The third-order valence-corrected chi connectivity index (χ3v) is 1.94. The van der Waals surface area contributed by atoms with Crippen LogP contribution in [0, 0.1) is 11.3 Å². The molecule has 3 nitrogen and oxygen atoms in total. The largest absolute Gasteiger partial charge is 0.382 e. The van der Waals surface area contributed by atoms with E-state index in [-0.39, 0.29) is 0 Å². The topological polar surface area (TPSA) is 36.3 Å². The van der Waals surface area contributed by atoms with Crippen molar-refractivity contribution in [2.24, 2.45) is 0 Å². The van der Waals surface area contributed by atoms with Gasteiger partial charge in [0, 0.05) is 25.8 Å². The highest BCUT2D eigenvalue weighted by Crippen LogP contribution is 1.98. The maximum Gasteiger partial charge on any atom is 0.0868 e. The van der Waals surface area contributed by atoms with Crippen molar-refractivity contribution in [2.75, 3.05) is 26.3 Å². The van der Waals surface area contributed by atoms with Crippen molar-refractivity contribution < 1.29 is 4.74 Å². The first-order chi connectivity index (χ1) is 6.22. The van der Waals surface area contributed by atoms with Crippen LogP contribution >= 0.6 is 0 Å². The highest BCUT2D eigenvalue weighted by molar-refractivity contribution is 4.78. The van der Waals surface area contributed by atoms with E-state index < -0.39 is 0 Å². The predicted molar refractivity (Wildman–Crippen MR) is 53.4 cm³/mol. The summed E-state index contributed by atoms with van der Waals surface area (Å²) < 4.78 is 5.23. The summed E-state index contributed by atoms with van der Waals surface area (Å²) in [6.07, 6.45) is 1.01. The predicted octanol–water partition coefficient (Wildman–Crippen LogP) is 1.65. The monoisotopic (exact) mass is 184 g/mol. The lowest BCUT2D eigenvalue weighted by Crippen LogP contribution is -2.32. The number of rotatable bonds is 7. The first-order valence-electron chi connectivity index (χ1n) is 4.91. The Labute approximate surface area is 81.3 Å². The molecular weight excluding hydrogens is 164 g/mol. The van der Waals surface area contributed by atoms with Crippen molar-refractivity contribution in [2.45, 2.75) is 33.2 Å². The smallest absolute Gasteiger partial charge is 0.0868 e. The van der Waals surface area contributed by atoms with Crippen LogP contribution in [0.1, 0.15) is 27.2 Å². The van der Waals surface area contributed by atoms with Gasteiger partial charge < -0.3 is 4.74 Å². The fourth-order valence-electron chi connectivity index (χ4n) is 1.12. The van der Waals surface area contributed by atoms with E-state index in [9.17, 15) is 0 Å². The Morgan fingerprint density at radius 1 is 1.46 bits per heavy atom. The number of hydrogen-bond acceptors (Lipinski definition) is 3. The van der Waals surface area contributed by atoms with Crippen LogP contribution < -0.4 is 0 Å². The highest BCUT2D eigenvalue weighted by Gasteiger charge is 2.07. The van der Waals surface area contributed by atoms with E-state index in [2.05, 4.69) is 24.8 Å². The maximum atomic E-state index is 8.57. The standard InChI is InChI=1S/C10H20N2O/c1-4-13-9-5-7-12(8-6-11)10(2)3/h10H,4-5,7-9H2,1-3H3. The van der Waals surface area contributed by atoms with E-state index in [4.69, 9.17) is 10.00 Å². The molecule has 0 aliphatic carbocycles. The van der Waals surface area contributed by atoms with E-state index in [0.29, 0.717) is 12.6 Å². The summed E-state index contributed by atoms with van der Waals surface area (Å²) in [4.78, 5) is 2.15. The van der Waals surface area contributed by atoms with E-state index in [1.807, 2.05) is 6.92 Å². The molecule has 3 heteroatoms. The Morgan fingerprint density at radius 3 is 2.62 bits per heavy atom. The minimum absolute atomic E-state index is 0.446. The summed E-state index contributed by atoms with van der Waals surface area (Å²) in [6.45, 7) is 9.26. The SMILES string of the molecule is CCOCCCN(CC#N)C(C)C. The van der Waals surface area contributed by atoms with Gasteiger partial charge in [-0.25, -0.2) is 0 Å². The Balaban J connectivity index is 3.52. The molecule has 0 heterocycles. The molecule has 0 bridgehead atoms. The van der Waals surface area contributed by atoms with Crippen LogP contribution in [0.4, 0.5) is 0 Å². The van der Waals surface area contributed by atoms with Crippen LogP contribution in [-0.4, -0.2) is 37.2 Å². The van der Waals surface area contributed by atoms with Gasteiger partial charge in [0.25, 0.3) is 0 Å². The molecular formula is C10H20N2O. The Hall–Kier alpha value is -0.590. The van der Waals surface area contributed by atoms with E-state index in [1.54, 1.807) is 0 Å². The van der Waals surface area contributed by atoms with Crippen molar-refractivity contribution in [1.82, 2.24) is 4.90 Å². The van der Waals surface area contributed by atoms with E-state index in [0.717, 1.165) is 26.2 Å². The molecule has 0 spiro atoms. The highest BCUT2D eigenvalue weighted by atomic mass is 16.5. The number of hydrogen-bond donors (Lipinski definition) is 0. The summed E-state index contributed by atoms with van der Waals surface area (Å²) in [6, 6.07) is 2.62.